The van der Waals surface area contributed by atoms with Gasteiger partial charge in [0.05, 0.1) is 0 Å². The maximum Gasteiger partial charge on any atom is 0.251 e. The van der Waals surface area contributed by atoms with Crippen molar-refractivity contribution in [2.75, 3.05) is 12.8 Å². The van der Waals surface area contributed by atoms with E-state index in [2.05, 4.69) is 10.3 Å². The van der Waals surface area contributed by atoms with Crippen LogP contribution < -0.4 is 11.1 Å². The van der Waals surface area contributed by atoms with Gasteiger partial charge < -0.3 is 15.6 Å². The molecule has 1 amide bonds. The number of anilines is 1. The second kappa shape index (κ2) is 5.14. The van der Waals surface area contributed by atoms with Crippen molar-refractivity contribution in [1.29, 1.82) is 0 Å². The fourth-order valence-electron chi connectivity index (χ4n) is 1.48. The molecule has 0 aliphatic rings. The van der Waals surface area contributed by atoms with Crippen LogP contribution >= 0.6 is 11.8 Å². The predicted molar refractivity (Wildman–Crippen MR) is 71.6 cm³/mol. The molecule has 94 valence electrons. The highest BCUT2D eigenvalue weighted by atomic mass is 32.2. The van der Waals surface area contributed by atoms with Crippen molar-refractivity contribution in [1.82, 2.24) is 14.9 Å². The molecule has 0 atom stereocenters. The molecule has 18 heavy (non-hydrogen) atoms. The van der Waals surface area contributed by atoms with E-state index in [4.69, 9.17) is 5.73 Å². The van der Waals surface area contributed by atoms with E-state index in [1.165, 1.54) is 11.8 Å². The number of aryl methyl sites for hydroxylation is 1. The van der Waals surface area contributed by atoms with Crippen LogP contribution in [0.5, 0.6) is 0 Å². The number of hydrogen-bond donors (Lipinski definition) is 2. The largest absolute Gasteiger partial charge is 0.398 e. The molecule has 2 rings (SSSR count). The Kier molecular flexibility index (Phi) is 3.57. The Balaban J connectivity index is 2.25. The van der Waals surface area contributed by atoms with Crippen molar-refractivity contribution in [3.63, 3.8) is 0 Å². The number of benzene rings is 1. The van der Waals surface area contributed by atoms with E-state index in [1.54, 1.807) is 25.4 Å². The zero-order valence-corrected chi connectivity index (χ0v) is 11.0. The molecule has 1 heterocycles. The third kappa shape index (κ3) is 2.48. The van der Waals surface area contributed by atoms with E-state index in [0.717, 1.165) is 10.1 Å². The first-order chi connectivity index (χ1) is 8.61. The molecule has 0 unspecified atom stereocenters. The summed E-state index contributed by atoms with van der Waals surface area (Å²) in [6.45, 7) is 0. The molecule has 6 heteroatoms. The Hall–Kier alpha value is -1.95. The van der Waals surface area contributed by atoms with Gasteiger partial charge in [-0.15, -0.1) is 0 Å². The molecule has 5 nitrogen and oxygen atoms in total. The van der Waals surface area contributed by atoms with Gasteiger partial charge in [-0.05, 0) is 30.0 Å². The molecule has 0 saturated carbocycles. The second-order valence-corrected chi connectivity index (χ2v) is 4.76. The second-order valence-electron chi connectivity index (χ2n) is 3.75. The van der Waals surface area contributed by atoms with Crippen LogP contribution in [0.2, 0.25) is 0 Å². The molecule has 1 aromatic carbocycles. The lowest BCUT2D eigenvalue weighted by Gasteiger charge is -2.07. The summed E-state index contributed by atoms with van der Waals surface area (Å²) in [5.74, 6) is -0.143. The number of rotatable bonds is 3. The number of hydrogen-bond acceptors (Lipinski definition) is 4. The highest BCUT2D eigenvalue weighted by molar-refractivity contribution is 7.99. The van der Waals surface area contributed by atoms with Gasteiger partial charge in [0.1, 0.15) is 0 Å². The average molecular weight is 262 g/mol. The van der Waals surface area contributed by atoms with Crippen LogP contribution in [0.15, 0.2) is 40.6 Å². The van der Waals surface area contributed by atoms with E-state index in [1.807, 2.05) is 23.9 Å². The molecule has 0 aliphatic carbocycles. The standard InChI is InChI=1S/C12H14N4OS/c1-14-11(17)8-3-4-10(9(13)7-8)18-12-15-5-6-16(12)2/h3-7H,13H2,1-2H3,(H,14,17). The third-order valence-electron chi connectivity index (χ3n) is 2.48. The van der Waals surface area contributed by atoms with Crippen LogP contribution in [-0.4, -0.2) is 22.5 Å². The lowest BCUT2D eigenvalue weighted by Crippen LogP contribution is -2.17. The Labute approximate surface area is 109 Å². The summed E-state index contributed by atoms with van der Waals surface area (Å²) < 4.78 is 1.91. The van der Waals surface area contributed by atoms with Gasteiger partial charge in [-0.3, -0.25) is 4.79 Å². The maximum absolute atomic E-state index is 11.5. The van der Waals surface area contributed by atoms with Crippen molar-refractivity contribution >= 4 is 23.4 Å². The van der Waals surface area contributed by atoms with Gasteiger partial charge in [0.2, 0.25) is 0 Å². The predicted octanol–water partition coefficient (Wildman–Crippen LogP) is 1.51. The van der Waals surface area contributed by atoms with Gasteiger partial charge in [-0.1, -0.05) is 0 Å². The van der Waals surface area contributed by atoms with Crippen molar-refractivity contribution in [2.24, 2.45) is 7.05 Å². The minimum absolute atomic E-state index is 0.143. The number of carbonyl (C=O) groups excluding carboxylic acids is 1. The molecule has 3 N–H and O–H groups in total. The van der Waals surface area contributed by atoms with Crippen LogP contribution in [0.1, 0.15) is 10.4 Å². The van der Waals surface area contributed by atoms with Crippen LogP contribution in [0, 0.1) is 0 Å². The zero-order valence-electron chi connectivity index (χ0n) is 10.2. The van der Waals surface area contributed by atoms with Gasteiger partial charge >= 0.3 is 0 Å². The molecule has 0 radical (unpaired) electrons. The lowest BCUT2D eigenvalue weighted by atomic mass is 10.2. The number of carbonyl (C=O) groups is 1. The minimum Gasteiger partial charge on any atom is -0.398 e. The molecule has 0 saturated heterocycles. The average Bonchev–Trinajstić information content (AvgIpc) is 2.76. The number of aromatic nitrogens is 2. The summed E-state index contributed by atoms with van der Waals surface area (Å²) in [6, 6.07) is 5.25. The first kappa shape index (κ1) is 12.5. The Bertz CT molecular complexity index is 579. The summed E-state index contributed by atoms with van der Waals surface area (Å²) in [5, 5.41) is 3.42. The quantitative estimate of drug-likeness (QED) is 0.822. The summed E-state index contributed by atoms with van der Waals surface area (Å²) >= 11 is 1.47. The topological polar surface area (TPSA) is 72.9 Å². The third-order valence-corrected chi connectivity index (χ3v) is 3.64. The summed E-state index contributed by atoms with van der Waals surface area (Å²) in [4.78, 5) is 16.6. The first-order valence-electron chi connectivity index (χ1n) is 5.38. The summed E-state index contributed by atoms with van der Waals surface area (Å²) in [6.07, 6.45) is 3.61. The zero-order chi connectivity index (χ0) is 13.1. The van der Waals surface area contributed by atoms with E-state index in [9.17, 15) is 4.79 Å². The maximum atomic E-state index is 11.5. The van der Waals surface area contributed by atoms with Gasteiger partial charge in [0, 0.05) is 42.6 Å². The molecular formula is C12H14N4OS. The van der Waals surface area contributed by atoms with Crippen molar-refractivity contribution in [2.45, 2.75) is 10.1 Å². The number of nitrogens with one attached hydrogen (secondary N) is 1. The summed E-state index contributed by atoms with van der Waals surface area (Å²) in [7, 11) is 3.51. The number of imidazole rings is 1. The van der Waals surface area contributed by atoms with Crippen LogP contribution in [-0.2, 0) is 7.05 Å². The highest BCUT2D eigenvalue weighted by Gasteiger charge is 2.09. The molecule has 0 spiro atoms. The number of nitrogens with two attached hydrogens (primary N) is 1. The van der Waals surface area contributed by atoms with Crippen LogP contribution in [0.3, 0.4) is 0 Å². The molecule has 0 aliphatic heterocycles. The van der Waals surface area contributed by atoms with E-state index in [-0.39, 0.29) is 5.91 Å². The van der Waals surface area contributed by atoms with Gasteiger partial charge in [0.15, 0.2) is 5.16 Å². The van der Waals surface area contributed by atoms with Crippen LogP contribution in [0.25, 0.3) is 0 Å². The normalized spacial score (nSPS) is 10.3. The van der Waals surface area contributed by atoms with Crippen molar-refractivity contribution in [3.05, 3.63) is 36.2 Å². The SMILES string of the molecule is CNC(=O)c1ccc(Sc2nccn2C)c(N)c1. The number of nitrogen functional groups attached to an aromatic ring is 1. The summed E-state index contributed by atoms with van der Waals surface area (Å²) in [5.41, 5.74) is 7.07. The smallest absolute Gasteiger partial charge is 0.251 e. The fourth-order valence-corrected chi connectivity index (χ4v) is 2.30. The number of nitrogens with zero attached hydrogens (tertiary/aromatic N) is 2. The van der Waals surface area contributed by atoms with Crippen LogP contribution in [0.4, 0.5) is 5.69 Å². The number of amides is 1. The van der Waals surface area contributed by atoms with Crippen molar-refractivity contribution < 1.29 is 4.79 Å². The molecule has 0 fully saturated rings. The molecular weight excluding hydrogens is 248 g/mol. The monoisotopic (exact) mass is 262 g/mol. The van der Waals surface area contributed by atoms with Gasteiger partial charge in [0.25, 0.3) is 5.91 Å². The molecule has 1 aromatic heterocycles. The highest BCUT2D eigenvalue weighted by Crippen LogP contribution is 2.31. The van der Waals surface area contributed by atoms with E-state index >= 15 is 0 Å². The molecule has 0 bridgehead atoms. The minimum atomic E-state index is -0.143. The Morgan fingerprint density at radius 3 is 2.83 bits per heavy atom. The Morgan fingerprint density at radius 2 is 2.28 bits per heavy atom. The van der Waals surface area contributed by atoms with Gasteiger partial charge in [-0.2, -0.15) is 0 Å². The van der Waals surface area contributed by atoms with E-state index in [0.29, 0.717) is 11.3 Å². The first-order valence-corrected chi connectivity index (χ1v) is 6.20. The van der Waals surface area contributed by atoms with E-state index < -0.39 is 0 Å². The Morgan fingerprint density at radius 1 is 1.50 bits per heavy atom. The lowest BCUT2D eigenvalue weighted by molar-refractivity contribution is 0.0963. The van der Waals surface area contributed by atoms with Gasteiger partial charge in [-0.25, -0.2) is 4.98 Å². The van der Waals surface area contributed by atoms with Crippen molar-refractivity contribution in [3.8, 4) is 0 Å². The molecule has 2 aromatic rings. The fraction of sp³-hybridized carbons (Fsp3) is 0.167.